The van der Waals surface area contributed by atoms with E-state index in [1.54, 1.807) is 0 Å². The van der Waals surface area contributed by atoms with Crippen LogP contribution in [0.5, 0.6) is 0 Å². The topological polar surface area (TPSA) is 95.9 Å². The highest BCUT2D eigenvalue weighted by Gasteiger charge is 2.20. The van der Waals surface area contributed by atoms with Gasteiger partial charge in [0.1, 0.15) is 0 Å². The molecule has 0 aromatic heterocycles. The molecule has 0 radical (unpaired) electrons. The van der Waals surface area contributed by atoms with Crippen LogP contribution in [0.15, 0.2) is 12.2 Å². The second kappa shape index (κ2) is 48.3. The van der Waals surface area contributed by atoms with Gasteiger partial charge in [-0.25, -0.2) is 0 Å². The molecule has 0 fully saturated rings. The quantitative estimate of drug-likeness (QED) is 0.0323. The molecule has 0 aromatic rings. The molecule has 0 rings (SSSR count). The molecule has 0 spiro atoms. The highest BCUT2D eigenvalue weighted by atomic mass is 16.5. The second-order valence-corrected chi connectivity index (χ2v) is 17.9. The normalized spacial score (nSPS) is 12.7. The van der Waals surface area contributed by atoms with Gasteiger partial charge in [-0.2, -0.15) is 0 Å². The van der Waals surface area contributed by atoms with E-state index in [9.17, 15) is 19.8 Å². The molecule has 58 heavy (non-hydrogen) atoms. The average molecular weight is 820 g/mol. The third kappa shape index (κ3) is 44.2. The molecule has 0 heterocycles. The van der Waals surface area contributed by atoms with Crippen molar-refractivity contribution in [3.63, 3.8) is 0 Å². The Bertz CT molecular complexity index is 863. The maximum Gasteiger partial charge on any atom is 0.305 e. The molecule has 6 heteroatoms. The summed E-state index contributed by atoms with van der Waals surface area (Å²) >= 11 is 0. The van der Waals surface area contributed by atoms with Crippen molar-refractivity contribution in [3.05, 3.63) is 12.2 Å². The average Bonchev–Trinajstić information content (AvgIpc) is 3.22. The fourth-order valence-corrected chi connectivity index (χ4v) is 8.03. The van der Waals surface area contributed by atoms with E-state index >= 15 is 0 Å². The van der Waals surface area contributed by atoms with Gasteiger partial charge < -0.3 is 20.3 Å². The molecule has 344 valence electrons. The first-order valence-electron chi connectivity index (χ1n) is 25.9. The lowest BCUT2D eigenvalue weighted by Gasteiger charge is -2.22. The van der Waals surface area contributed by atoms with Gasteiger partial charge in [-0.15, -0.1) is 0 Å². The molecule has 1 amide bonds. The highest BCUT2D eigenvalue weighted by molar-refractivity contribution is 5.76. The van der Waals surface area contributed by atoms with Crippen molar-refractivity contribution in [3.8, 4) is 0 Å². The zero-order valence-electron chi connectivity index (χ0n) is 39.0. The Labute approximate surface area is 361 Å². The number of ether oxygens (including phenoxy) is 1. The summed E-state index contributed by atoms with van der Waals surface area (Å²) < 4.78 is 5.44. The predicted octanol–water partition coefficient (Wildman–Crippen LogP) is 15.3. The minimum absolute atomic E-state index is 0.0161. The van der Waals surface area contributed by atoms with E-state index < -0.39 is 12.1 Å². The van der Waals surface area contributed by atoms with Crippen LogP contribution in [-0.4, -0.2) is 47.4 Å². The van der Waals surface area contributed by atoms with Crippen LogP contribution in [-0.2, 0) is 14.3 Å². The number of hydrogen-bond donors (Lipinski definition) is 3. The first kappa shape index (κ1) is 56.6. The number of hydrogen-bond acceptors (Lipinski definition) is 5. The van der Waals surface area contributed by atoms with Crippen LogP contribution in [0.1, 0.15) is 284 Å². The number of unbranched alkanes of at least 4 members (excludes halogenated alkanes) is 35. The Morgan fingerprint density at radius 2 is 0.828 bits per heavy atom. The van der Waals surface area contributed by atoms with Crippen molar-refractivity contribution in [2.45, 2.75) is 296 Å². The zero-order valence-corrected chi connectivity index (χ0v) is 39.0. The lowest BCUT2D eigenvalue weighted by molar-refractivity contribution is -0.143. The van der Waals surface area contributed by atoms with Crippen molar-refractivity contribution in [2.24, 2.45) is 0 Å². The highest BCUT2D eigenvalue weighted by Crippen LogP contribution is 2.17. The molecular formula is C52H101NO5. The summed E-state index contributed by atoms with van der Waals surface area (Å²) in [7, 11) is 0. The van der Waals surface area contributed by atoms with Gasteiger partial charge in [-0.05, 0) is 44.9 Å². The summed E-state index contributed by atoms with van der Waals surface area (Å²) in [4.78, 5) is 24.4. The number of amides is 1. The van der Waals surface area contributed by atoms with Crippen LogP contribution in [0.3, 0.4) is 0 Å². The summed E-state index contributed by atoms with van der Waals surface area (Å²) in [5, 5.41) is 23.2. The monoisotopic (exact) mass is 820 g/mol. The maximum atomic E-state index is 12.5. The molecular weight excluding hydrogens is 719 g/mol. The Balaban J connectivity index is 3.46. The van der Waals surface area contributed by atoms with Crippen molar-refractivity contribution in [1.82, 2.24) is 5.32 Å². The molecule has 0 saturated carbocycles. The fourth-order valence-electron chi connectivity index (χ4n) is 8.03. The van der Waals surface area contributed by atoms with Gasteiger partial charge in [0.2, 0.25) is 5.91 Å². The van der Waals surface area contributed by atoms with Crippen LogP contribution in [0.4, 0.5) is 0 Å². The molecule has 6 nitrogen and oxygen atoms in total. The van der Waals surface area contributed by atoms with Crippen LogP contribution in [0, 0.1) is 0 Å². The summed E-state index contributed by atoms with van der Waals surface area (Å²) in [5.74, 6) is -0.0626. The summed E-state index contributed by atoms with van der Waals surface area (Å²) in [6.07, 6.45) is 54.6. The lowest BCUT2D eigenvalue weighted by Crippen LogP contribution is -2.45. The molecule has 0 aliphatic rings. The standard InChI is InChI=1S/C52H101NO5/c1-3-5-7-9-11-13-15-16-17-18-19-21-25-28-32-36-40-44-50(55)49(48-54)53-51(56)45-41-37-33-29-26-22-20-23-27-31-35-39-43-47-58-52(57)46-42-38-34-30-24-14-12-10-8-6-4-2/h10,12,49-50,54-55H,3-9,11,13-48H2,1-2H3,(H,53,56)/b12-10-. The third-order valence-corrected chi connectivity index (χ3v) is 12.1. The van der Waals surface area contributed by atoms with E-state index in [-0.39, 0.29) is 18.5 Å². The van der Waals surface area contributed by atoms with Crippen LogP contribution < -0.4 is 5.32 Å². The molecule has 2 atom stereocenters. The van der Waals surface area contributed by atoms with Gasteiger partial charge in [0.05, 0.1) is 25.4 Å². The number of allylic oxidation sites excluding steroid dienone is 2. The number of rotatable bonds is 48. The maximum absolute atomic E-state index is 12.5. The molecule has 0 bridgehead atoms. The Hall–Kier alpha value is -1.40. The van der Waals surface area contributed by atoms with Crippen LogP contribution in [0.25, 0.3) is 0 Å². The van der Waals surface area contributed by atoms with Gasteiger partial charge in [0.25, 0.3) is 0 Å². The first-order chi connectivity index (χ1) is 28.5. The summed E-state index contributed by atoms with van der Waals surface area (Å²) in [6, 6.07) is -0.550. The Morgan fingerprint density at radius 1 is 0.466 bits per heavy atom. The smallest absolute Gasteiger partial charge is 0.305 e. The Kier molecular flexibility index (Phi) is 47.1. The van der Waals surface area contributed by atoms with E-state index in [2.05, 4.69) is 31.3 Å². The lowest BCUT2D eigenvalue weighted by atomic mass is 10.0. The number of aliphatic hydroxyl groups is 2. The first-order valence-corrected chi connectivity index (χ1v) is 25.9. The van der Waals surface area contributed by atoms with Crippen LogP contribution >= 0.6 is 0 Å². The number of carbonyl (C=O) groups excluding carboxylic acids is 2. The molecule has 0 aliphatic carbocycles. The fraction of sp³-hybridized carbons (Fsp3) is 0.923. The number of esters is 1. The predicted molar refractivity (Wildman–Crippen MR) is 250 cm³/mol. The van der Waals surface area contributed by atoms with E-state index in [4.69, 9.17) is 4.74 Å². The summed E-state index contributed by atoms with van der Waals surface area (Å²) in [6.45, 7) is 4.89. The van der Waals surface area contributed by atoms with Gasteiger partial charge >= 0.3 is 5.97 Å². The van der Waals surface area contributed by atoms with Gasteiger partial charge in [-0.1, -0.05) is 238 Å². The van der Waals surface area contributed by atoms with Crippen molar-refractivity contribution in [2.75, 3.05) is 13.2 Å². The van der Waals surface area contributed by atoms with Crippen molar-refractivity contribution >= 4 is 11.9 Å². The van der Waals surface area contributed by atoms with Crippen LogP contribution in [0.2, 0.25) is 0 Å². The van der Waals surface area contributed by atoms with E-state index in [0.717, 1.165) is 51.4 Å². The second-order valence-electron chi connectivity index (χ2n) is 17.9. The van der Waals surface area contributed by atoms with Gasteiger partial charge in [-0.3, -0.25) is 9.59 Å². The number of nitrogens with one attached hydrogen (secondary N) is 1. The molecule has 0 aromatic carbocycles. The molecule has 3 N–H and O–H groups in total. The van der Waals surface area contributed by atoms with E-state index in [1.807, 2.05) is 0 Å². The van der Waals surface area contributed by atoms with E-state index in [0.29, 0.717) is 25.9 Å². The van der Waals surface area contributed by atoms with Crippen molar-refractivity contribution < 1.29 is 24.5 Å². The molecule has 2 unspecified atom stereocenters. The van der Waals surface area contributed by atoms with Gasteiger partial charge in [0.15, 0.2) is 0 Å². The summed E-state index contributed by atoms with van der Waals surface area (Å²) in [5.41, 5.74) is 0. The van der Waals surface area contributed by atoms with E-state index in [1.165, 1.54) is 199 Å². The zero-order chi connectivity index (χ0) is 42.3. The van der Waals surface area contributed by atoms with Crippen molar-refractivity contribution in [1.29, 1.82) is 0 Å². The molecule has 0 aliphatic heterocycles. The minimum Gasteiger partial charge on any atom is -0.466 e. The largest absolute Gasteiger partial charge is 0.466 e. The minimum atomic E-state index is -0.672. The number of carbonyl (C=O) groups is 2. The third-order valence-electron chi connectivity index (χ3n) is 12.1. The number of aliphatic hydroxyl groups excluding tert-OH is 2. The van der Waals surface area contributed by atoms with Gasteiger partial charge in [0, 0.05) is 12.8 Å². The SMILES string of the molecule is CCCC/C=C\CCCCCCCC(=O)OCCCCCCCCCCCCCCCC(=O)NC(CO)C(O)CCCCCCCCCCCCCCCCCCC. The Morgan fingerprint density at radius 3 is 1.28 bits per heavy atom. The molecule has 0 saturated heterocycles.